The summed E-state index contributed by atoms with van der Waals surface area (Å²) in [5.41, 5.74) is 4.17. The predicted octanol–water partition coefficient (Wildman–Crippen LogP) is 4.10. The molecule has 0 spiro atoms. The first-order valence-corrected chi connectivity index (χ1v) is 8.17. The second-order valence-corrected chi connectivity index (χ2v) is 5.85. The number of aryl methyl sites for hydroxylation is 1. The molecule has 0 saturated carbocycles. The maximum absolute atomic E-state index is 12.5. The van der Waals surface area contributed by atoms with Crippen molar-refractivity contribution in [3.8, 4) is 5.75 Å². The molecule has 0 aliphatic heterocycles. The van der Waals surface area contributed by atoms with E-state index in [-0.39, 0.29) is 11.6 Å². The van der Waals surface area contributed by atoms with Crippen LogP contribution >= 0.6 is 0 Å². The van der Waals surface area contributed by atoms with Gasteiger partial charge in [0.1, 0.15) is 23.6 Å². The Balaban J connectivity index is 1.78. The second kappa shape index (κ2) is 7.65. The van der Waals surface area contributed by atoms with Crippen LogP contribution in [0.4, 0.5) is 17.2 Å². The predicted molar refractivity (Wildman–Crippen MR) is 102 cm³/mol. The smallest absolute Gasteiger partial charge is 0.274 e. The second-order valence-electron chi connectivity index (χ2n) is 5.85. The van der Waals surface area contributed by atoms with Crippen LogP contribution < -0.4 is 15.4 Å². The number of amides is 1. The Bertz CT molecular complexity index is 941. The summed E-state index contributed by atoms with van der Waals surface area (Å²) in [6.07, 6.45) is 1.37. The zero-order valence-corrected chi connectivity index (χ0v) is 14.9. The number of aromatic nitrogens is 2. The van der Waals surface area contributed by atoms with Gasteiger partial charge in [-0.15, -0.1) is 0 Å². The average Bonchev–Trinajstić information content (AvgIpc) is 2.66. The molecule has 2 N–H and O–H groups in total. The number of hydrogen-bond donors (Lipinski definition) is 2. The third kappa shape index (κ3) is 3.97. The molecule has 1 aromatic heterocycles. The van der Waals surface area contributed by atoms with Crippen LogP contribution in [0.5, 0.6) is 5.75 Å². The molecule has 3 aromatic rings. The van der Waals surface area contributed by atoms with Crippen LogP contribution in [-0.2, 0) is 0 Å². The van der Waals surface area contributed by atoms with Gasteiger partial charge in [-0.2, -0.15) is 0 Å². The van der Waals surface area contributed by atoms with Gasteiger partial charge in [-0.25, -0.2) is 9.97 Å². The van der Waals surface area contributed by atoms with E-state index in [0.717, 1.165) is 11.3 Å². The summed E-state index contributed by atoms with van der Waals surface area (Å²) in [4.78, 5) is 20.7. The number of carbonyl (C=O) groups is 1. The molecule has 0 aliphatic rings. The van der Waals surface area contributed by atoms with Crippen molar-refractivity contribution in [1.29, 1.82) is 0 Å². The van der Waals surface area contributed by atoms with E-state index in [9.17, 15) is 4.79 Å². The number of benzene rings is 2. The highest BCUT2D eigenvalue weighted by molar-refractivity contribution is 6.03. The molecule has 0 radical (unpaired) electrons. The number of anilines is 3. The summed E-state index contributed by atoms with van der Waals surface area (Å²) in [6.45, 7) is 4.09. The molecule has 3 rings (SSSR count). The molecule has 6 heteroatoms. The van der Waals surface area contributed by atoms with Gasteiger partial charge in [-0.3, -0.25) is 4.79 Å². The minimum absolute atomic E-state index is 0.274. The normalized spacial score (nSPS) is 10.3. The maximum Gasteiger partial charge on any atom is 0.274 e. The van der Waals surface area contributed by atoms with Gasteiger partial charge in [0, 0.05) is 23.5 Å². The van der Waals surface area contributed by atoms with Crippen LogP contribution in [0.3, 0.4) is 0 Å². The van der Waals surface area contributed by atoms with E-state index in [0.29, 0.717) is 17.3 Å². The fraction of sp³-hybridized carbons (Fsp3) is 0.150. The van der Waals surface area contributed by atoms with E-state index in [2.05, 4.69) is 20.6 Å². The lowest BCUT2D eigenvalue weighted by Gasteiger charge is -2.11. The molecule has 132 valence electrons. The molecule has 2 aromatic carbocycles. The zero-order chi connectivity index (χ0) is 18.5. The van der Waals surface area contributed by atoms with Gasteiger partial charge in [0.05, 0.1) is 7.11 Å². The first-order chi connectivity index (χ1) is 12.6. The Hall–Kier alpha value is -3.41. The number of rotatable bonds is 5. The molecule has 6 nitrogen and oxygen atoms in total. The minimum atomic E-state index is -0.315. The first-order valence-electron chi connectivity index (χ1n) is 8.17. The van der Waals surface area contributed by atoms with Gasteiger partial charge >= 0.3 is 0 Å². The van der Waals surface area contributed by atoms with Crippen molar-refractivity contribution in [1.82, 2.24) is 9.97 Å². The van der Waals surface area contributed by atoms with E-state index in [1.807, 2.05) is 44.2 Å². The number of hydrogen-bond acceptors (Lipinski definition) is 5. The summed E-state index contributed by atoms with van der Waals surface area (Å²) in [6, 6.07) is 14.8. The Morgan fingerprint density at radius 2 is 1.85 bits per heavy atom. The number of nitrogens with one attached hydrogen (secondary N) is 2. The highest BCUT2D eigenvalue weighted by Gasteiger charge is 2.10. The molecule has 0 saturated heterocycles. The highest BCUT2D eigenvalue weighted by atomic mass is 16.5. The number of methoxy groups -OCH3 is 1. The molecule has 0 bridgehead atoms. The van der Waals surface area contributed by atoms with Crippen molar-refractivity contribution in [3.63, 3.8) is 0 Å². The summed E-state index contributed by atoms with van der Waals surface area (Å²) < 4.78 is 5.16. The molecule has 1 amide bonds. The molecule has 0 atom stereocenters. The van der Waals surface area contributed by atoms with Crippen molar-refractivity contribution >= 4 is 23.1 Å². The van der Waals surface area contributed by atoms with E-state index >= 15 is 0 Å². The molecular formula is C20H20N4O2. The van der Waals surface area contributed by atoms with Gasteiger partial charge in [-0.05, 0) is 43.2 Å². The van der Waals surface area contributed by atoms with E-state index in [1.54, 1.807) is 25.3 Å². The van der Waals surface area contributed by atoms with E-state index < -0.39 is 0 Å². The molecule has 0 unspecified atom stereocenters. The van der Waals surface area contributed by atoms with Crippen molar-refractivity contribution in [3.05, 3.63) is 71.7 Å². The summed E-state index contributed by atoms with van der Waals surface area (Å²) in [5, 5.41) is 6.05. The molecule has 0 fully saturated rings. The van der Waals surface area contributed by atoms with Crippen molar-refractivity contribution < 1.29 is 9.53 Å². The van der Waals surface area contributed by atoms with Crippen molar-refractivity contribution in [2.45, 2.75) is 13.8 Å². The van der Waals surface area contributed by atoms with Crippen LogP contribution in [0.2, 0.25) is 0 Å². The van der Waals surface area contributed by atoms with E-state index in [1.165, 1.54) is 11.9 Å². The number of carbonyl (C=O) groups excluding carboxylic acids is 1. The fourth-order valence-corrected chi connectivity index (χ4v) is 2.47. The Kier molecular flexibility index (Phi) is 5.12. The van der Waals surface area contributed by atoms with E-state index in [4.69, 9.17) is 4.74 Å². The fourth-order valence-electron chi connectivity index (χ4n) is 2.47. The Labute approximate surface area is 152 Å². The average molecular weight is 348 g/mol. The standard InChI is InChI=1S/C20H20N4O2/c1-13-6-4-9-17(14(13)2)24-19-11-18(21-12-22-19)20(25)23-15-7-5-8-16(10-15)26-3/h4-12H,1-3H3,(H,23,25)(H,21,22,24). The monoisotopic (exact) mass is 348 g/mol. The zero-order valence-electron chi connectivity index (χ0n) is 14.9. The largest absolute Gasteiger partial charge is 0.497 e. The third-order valence-electron chi connectivity index (χ3n) is 4.09. The molecular weight excluding hydrogens is 328 g/mol. The SMILES string of the molecule is COc1cccc(NC(=O)c2cc(Nc3cccc(C)c3C)ncn2)c1. The van der Waals surface area contributed by atoms with Gasteiger partial charge in [-0.1, -0.05) is 18.2 Å². The summed E-state index contributed by atoms with van der Waals surface area (Å²) >= 11 is 0. The van der Waals surface area contributed by atoms with Gasteiger partial charge in [0.15, 0.2) is 0 Å². The molecule has 1 heterocycles. The van der Waals surface area contributed by atoms with Crippen LogP contribution in [-0.4, -0.2) is 23.0 Å². The quantitative estimate of drug-likeness (QED) is 0.726. The Morgan fingerprint density at radius 3 is 2.65 bits per heavy atom. The van der Waals surface area contributed by atoms with Crippen LogP contribution in [0.15, 0.2) is 54.9 Å². The van der Waals surface area contributed by atoms with Crippen LogP contribution in [0.1, 0.15) is 21.6 Å². The molecule has 0 aliphatic carbocycles. The van der Waals surface area contributed by atoms with Gasteiger partial charge in [0.2, 0.25) is 0 Å². The lowest BCUT2D eigenvalue weighted by molar-refractivity contribution is 0.102. The third-order valence-corrected chi connectivity index (χ3v) is 4.09. The first kappa shape index (κ1) is 17.4. The topological polar surface area (TPSA) is 76.1 Å². The highest BCUT2D eigenvalue weighted by Crippen LogP contribution is 2.22. The summed E-state index contributed by atoms with van der Waals surface area (Å²) in [5.74, 6) is 0.914. The number of ether oxygens (including phenoxy) is 1. The lowest BCUT2D eigenvalue weighted by Crippen LogP contribution is -2.14. The van der Waals surface area contributed by atoms with Crippen molar-refractivity contribution in [2.24, 2.45) is 0 Å². The van der Waals surface area contributed by atoms with Gasteiger partial charge in [0.25, 0.3) is 5.91 Å². The van der Waals surface area contributed by atoms with Crippen LogP contribution in [0, 0.1) is 13.8 Å². The Morgan fingerprint density at radius 1 is 1.04 bits per heavy atom. The van der Waals surface area contributed by atoms with Crippen LogP contribution in [0.25, 0.3) is 0 Å². The molecule has 26 heavy (non-hydrogen) atoms. The lowest BCUT2D eigenvalue weighted by atomic mass is 10.1. The van der Waals surface area contributed by atoms with Gasteiger partial charge < -0.3 is 15.4 Å². The minimum Gasteiger partial charge on any atom is -0.497 e. The summed E-state index contributed by atoms with van der Waals surface area (Å²) in [7, 11) is 1.58. The number of nitrogens with zero attached hydrogens (tertiary/aromatic N) is 2. The van der Waals surface area contributed by atoms with Crippen molar-refractivity contribution in [2.75, 3.05) is 17.7 Å². The maximum atomic E-state index is 12.5.